The molecule has 3 aliphatic rings. The van der Waals surface area contributed by atoms with Crippen molar-refractivity contribution in [3.05, 3.63) is 34.5 Å². The van der Waals surface area contributed by atoms with E-state index in [2.05, 4.69) is 32.2 Å². The Morgan fingerprint density at radius 2 is 1.97 bits per heavy atom. The Bertz CT molecular complexity index is 856. The molecule has 0 bridgehead atoms. The second-order valence-corrected chi connectivity index (χ2v) is 9.44. The van der Waals surface area contributed by atoms with Crippen LogP contribution in [0.3, 0.4) is 0 Å². The molecule has 1 aromatic rings. The van der Waals surface area contributed by atoms with E-state index in [0.717, 1.165) is 36.4 Å². The Kier molecular flexibility index (Phi) is 5.23. The van der Waals surface area contributed by atoms with Crippen LogP contribution < -0.4 is 10.2 Å². The molecule has 29 heavy (non-hydrogen) atoms. The van der Waals surface area contributed by atoms with Crippen LogP contribution >= 0.6 is 15.9 Å². The van der Waals surface area contributed by atoms with Gasteiger partial charge in [0.1, 0.15) is 5.60 Å². The largest absolute Gasteiger partial charge is 0.473 e. The molecule has 0 aliphatic carbocycles. The van der Waals surface area contributed by atoms with Crippen LogP contribution in [0.1, 0.15) is 26.3 Å². The predicted octanol–water partition coefficient (Wildman–Crippen LogP) is 3.49. The average molecular weight is 464 g/mol. The highest BCUT2D eigenvalue weighted by Crippen LogP contribution is 2.36. The topological polar surface area (TPSA) is 71.1 Å². The molecule has 1 fully saturated rings. The Morgan fingerprint density at radius 3 is 2.66 bits per heavy atom. The van der Waals surface area contributed by atoms with Crippen LogP contribution in [0, 0.1) is 5.92 Å². The number of anilines is 2. The second kappa shape index (κ2) is 7.55. The third kappa shape index (κ3) is 4.37. The van der Waals surface area contributed by atoms with Crippen molar-refractivity contribution < 1.29 is 19.1 Å². The van der Waals surface area contributed by atoms with Crippen molar-refractivity contribution in [3.8, 4) is 0 Å². The zero-order chi connectivity index (χ0) is 20.8. The fraction of sp³-hybridized carbons (Fsp3) is 0.524. The predicted molar refractivity (Wildman–Crippen MR) is 114 cm³/mol. The number of hydrogen-bond acceptors (Lipinski definition) is 5. The van der Waals surface area contributed by atoms with Crippen LogP contribution in [-0.4, -0.2) is 54.8 Å². The number of nitrogens with one attached hydrogen (secondary N) is 1. The monoisotopic (exact) mass is 463 g/mol. The zero-order valence-electron chi connectivity index (χ0n) is 16.9. The lowest BCUT2D eigenvalue weighted by Gasteiger charge is -2.37. The van der Waals surface area contributed by atoms with Crippen LogP contribution in [0.15, 0.2) is 28.9 Å². The van der Waals surface area contributed by atoms with Crippen LogP contribution in [0.25, 0.3) is 0 Å². The number of benzene rings is 1. The lowest BCUT2D eigenvalue weighted by molar-refractivity contribution is -0.125. The van der Waals surface area contributed by atoms with Crippen molar-refractivity contribution in [1.82, 2.24) is 4.90 Å². The fourth-order valence-electron chi connectivity index (χ4n) is 3.92. The van der Waals surface area contributed by atoms with Crippen molar-refractivity contribution in [2.75, 3.05) is 36.4 Å². The van der Waals surface area contributed by atoms with E-state index in [1.807, 2.05) is 39.0 Å². The minimum atomic E-state index is -0.488. The minimum absolute atomic E-state index is 0.0184. The first-order chi connectivity index (χ1) is 13.7. The van der Waals surface area contributed by atoms with Crippen LogP contribution in [0.5, 0.6) is 0 Å². The summed E-state index contributed by atoms with van der Waals surface area (Å²) in [5, 5.41) is 2.98. The molecule has 2 amide bonds. The van der Waals surface area contributed by atoms with E-state index >= 15 is 0 Å². The summed E-state index contributed by atoms with van der Waals surface area (Å²) in [6.07, 6.45) is 1.95. The average Bonchev–Trinajstić information content (AvgIpc) is 2.96. The molecule has 3 aliphatic heterocycles. The molecule has 156 valence electrons. The van der Waals surface area contributed by atoms with Crippen molar-refractivity contribution >= 4 is 39.3 Å². The smallest absolute Gasteiger partial charge is 0.410 e. The molecule has 0 saturated carbocycles. The molecule has 0 radical (unpaired) electrons. The Morgan fingerprint density at radius 1 is 1.24 bits per heavy atom. The highest BCUT2D eigenvalue weighted by Gasteiger charge is 2.37. The Balaban J connectivity index is 1.45. The standard InChI is InChI=1S/C21H26BrN3O4/c1-21(2,3)29-20(27)25-8-6-24(7-9-25)15-4-5-16-13(11-15)10-14-12-17(22)28-18(14)19(26)23-16/h4-5,11-12,14,18H,6-10H2,1-3H3,(H,23,26). The molecule has 1 N–H and O–H groups in total. The van der Waals surface area contributed by atoms with Gasteiger partial charge in [0, 0.05) is 43.5 Å². The summed E-state index contributed by atoms with van der Waals surface area (Å²) >= 11 is 3.34. The molecular weight excluding hydrogens is 438 g/mol. The van der Waals surface area contributed by atoms with E-state index in [1.54, 1.807) is 4.90 Å². The first kappa shape index (κ1) is 20.1. The minimum Gasteiger partial charge on any atom is -0.473 e. The number of rotatable bonds is 1. The highest BCUT2D eigenvalue weighted by atomic mass is 79.9. The van der Waals surface area contributed by atoms with Crippen molar-refractivity contribution in [3.63, 3.8) is 0 Å². The number of amides is 2. The normalized spacial score (nSPS) is 24.0. The summed E-state index contributed by atoms with van der Waals surface area (Å²) in [5.41, 5.74) is 2.55. The number of ether oxygens (including phenoxy) is 2. The maximum Gasteiger partial charge on any atom is 0.410 e. The number of nitrogens with zero attached hydrogens (tertiary/aromatic N) is 2. The summed E-state index contributed by atoms with van der Waals surface area (Å²) in [6.45, 7) is 8.36. The number of fused-ring (bicyclic) bond motifs is 2. The maximum absolute atomic E-state index is 12.4. The van der Waals surface area contributed by atoms with Crippen LogP contribution in [-0.2, 0) is 20.7 Å². The van der Waals surface area contributed by atoms with Gasteiger partial charge in [-0.05, 0) is 73.0 Å². The molecule has 7 nitrogen and oxygen atoms in total. The number of piperazine rings is 1. The first-order valence-corrected chi connectivity index (χ1v) is 10.7. The zero-order valence-corrected chi connectivity index (χ0v) is 18.5. The number of hydrogen-bond donors (Lipinski definition) is 1. The summed E-state index contributed by atoms with van der Waals surface area (Å²) in [7, 11) is 0. The van der Waals surface area contributed by atoms with Gasteiger partial charge in [0.05, 0.1) is 0 Å². The molecular formula is C21H26BrN3O4. The molecule has 1 aromatic carbocycles. The van der Waals surface area contributed by atoms with E-state index in [0.29, 0.717) is 17.8 Å². The van der Waals surface area contributed by atoms with Gasteiger partial charge < -0.3 is 24.6 Å². The first-order valence-electron chi connectivity index (χ1n) is 9.90. The van der Waals surface area contributed by atoms with Gasteiger partial charge in [0.15, 0.2) is 10.8 Å². The van der Waals surface area contributed by atoms with Gasteiger partial charge >= 0.3 is 6.09 Å². The summed E-state index contributed by atoms with van der Waals surface area (Å²) in [4.78, 5) is 28.7. The van der Waals surface area contributed by atoms with Gasteiger partial charge in [-0.1, -0.05) is 0 Å². The van der Waals surface area contributed by atoms with Gasteiger partial charge in [0.2, 0.25) is 0 Å². The van der Waals surface area contributed by atoms with Crippen molar-refractivity contribution in [2.24, 2.45) is 5.92 Å². The molecule has 3 heterocycles. The number of carbonyl (C=O) groups is 2. The Hall–Kier alpha value is -2.22. The summed E-state index contributed by atoms with van der Waals surface area (Å²) in [5.74, 6) is -0.0944. The van der Waals surface area contributed by atoms with Gasteiger partial charge in [-0.25, -0.2) is 4.79 Å². The van der Waals surface area contributed by atoms with E-state index < -0.39 is 11.7 Å². The van der Waals surface area contributed by atoms with Gasteiger partial charge in [0.25, 0.3) is 5.91 Å². The SMILES string of the molecule is CC(C)(C)OC(=O)N1CCN(c2ccc3c(c2)CC2C=C(Br)OC2C(=O)N3)CC1. The van der Waals surface area contributed by atoms with Crippen molar-refractivity contribution in [1.29, 1.82) is 0 Å². The lowest BCUT2D eigenvalue weighted by atomic mass is 9.95. The molecule has 1 saturated heterocycles. The molecule has 4 rings (SSSR count). The van der Waals surface area contributed by atoms with E-state index in [9.17, 15) is 9.59 Å². The lowest BCUT2D eigenvalue weighted by Crippen LogP contribution is -2.50. The van der Waals surface area contributed by atoms with E-state index in [-0.39, 0.29) is 17.9 Å². The Labute approximate surface area is 179 Å². The third-order valence-electron chi connectivity index (χ3n) is 5.33. The van der Waals surface area contributed by atoms with Crippen molar-refractivity contribution in [2.45, 2.75) is 38.9 Å². The highest BCUT2D eigenvalue weighted by molar-refractivity contribution is 9.11. The van der Waals surface area contributed by atoms with E-state index in [4.69, 9.17) is 9.47 Å². The number of halogens is 1. The fourth-order valence-corrected chi connectivity index (χ4v) is 4.46. The van der Waals surface area contributed by atoms with Gasteiger partial charge in [-0.2, -0.15) is 0 Å². The summed E-state index contributed by atoms with van der Waals surface area (Å²) in [6, 6.07) is 6.12. The van der Waals surface area contributed by atoms with Crippen LogP contribution in [0.4, 0.5) is 16.2 Å². The second-order valence-electron chi connectivity index (χ2n) is 8.66. The van der Waals surface area contributed by atoms with Gasteiger partial charge in [-0.15, -0.1) is 0 Å². The van der Waals surface area contributed by atoms with Gasteiger partial charge in [-0.3, -0.25) is 4.79 Å². The number of carbonyl (C=O) groups excluding carboxylic acids is 2. The van der Waals surface area contributed by atoms with Crippen LogP contribution in [0.2, 0.25) is 0 Å². The molecule has 2 atom stereocenters. The maximum atomic E-state index is 12.4. The summed E-state index contributed by atoms with van der Waals surface area (Å²) < 4.78 is 11.7. The van der Waals surface area contributed by atoms with E-state index in [1.165, 1.54) is 0 Å². The molecule has 0 aromatic heterocycles. The third-order valence-corrected chi connectivity index (χ3v) is 5.78. The molecule has 0 spiro atoms. The molecule has 2 unspecified atom stereocenters. The molecule has 8 heteroatoms. The quantitative estimate of drug-likeness (QED) is 0.689.